The van der Waals surface area contributed by atoms with E-state index in [1.165, 1.54) is 12.1 Å². The highest BCUT2D eigenvalue weighted by molar-refractivity contribution is 6.35. The topological polar surface area (TPSA) is 15.8 Å². The van der Waals surface area contributed by atoms with Crippen molar-refractivity contribution in [3.63, 3.8) is 0 Å². The predicted octanol–water partition coefficient (Wildman–Crippen LogP) is 4.63. The summed E-state index contributed by atoms with van der Waals surface area (Å²) >= 11 is 6.10. The Balaban J connectivity index is 2.18. The van der Waals surface area contributed by atoms with Gasteiger partial charge in [-0.05, 0) is 48.0 Å². The number of hydrogen-bond donors (Lipinski definition) is 1. The summed E-state index contributed by atoms with van der Waals surface area (Å²) in [7, 11) is 0. The van der Waals surface area contributed by atoms with Gasteiger partial charge < -0.3 is 4.98 Å². The zero-order valence-corrected chi connectivity index (χ0v) is 9.63. The van der Waals surface area contributed by atoms with Gasteiger partial charge >= 0.3 is 0 Å². The Morgan fingerprint density at radius 3 is 2.47 bits per heavy atom. The molecular weight excluding hydrogens is 237 g/mol. The molecule has 0 fully saturated rings. The second kappa shape index (κ2) is 3.90. The molecule has 1 nitrogen and oxygen atoms in total. The smallest absolute Gasteiger partial charge is 0.123 e. The first kappa shape index (κ1) is 10.4. The molecule has 0 saturated heterocycles. The first-order chi connectivity index (χ1) is 8.24. The maximum Gasteiger partial charge on any atom is 0.123 e. The van der Waals surface area contributed by atoms with E-state index < -0.39 is 0 Å². The Kier molecular flexibility index (Phi) is 2.37. The molecular formula is C14H9ClFN. The van der Waals surface area contributed by atoms with Crippen molar-refractivity contribution in [2.75, 3.05) is 0 Å². The molecule has 3 heteroatoms. The van der Waals surface area contributed by atoms with Gasteiger partial charge in [-0.2, -0.15) is 0 Å². The van der Waals surface area contributed by atoms with Gasteiger partial charge in [0.2, 0.25) is 0 Å². The second-order valence-electron chi connectivity index (χ2n) is 3.89. The van der Waals surface area contributed by atoms with Crippen LogP contribution in [0.15, 0.2) is 48.5 Å². The van der Waals surface area contributed by atoms with Crippen LogP contribution in [-0.4, -0.2) is 4.98 Å². The van der Waals surface area contributed by atoms with Crippen LogP contribution in [0.1, 0.15) is 0 Å². The van der Waals surface area contributed by atoms with Crippen LogP contribution in [0, 0.1) is 5.82 Å². The molecule has 0 aliphatic rings. The van der Waals surface area contributed by atoms with E-state index in [0.29, 0.717) is 5.02 Å². The monoisotopic (exact) mass is 245 g/mol. The summed E-state index contributed by atoms with van der Waals surface area (Å²) < 4.78 is 12.8. The number of aromatic nitrogens is 1. The minimum atomic E-state index is -0.233. The maximum atomic E-state index is 12.8. The average Bonchev–Trinajstić information content (AvgIpc) is 2.75. The average molecular weight is 246 g/mol. The van der Waals surface area contributed by atoms with Gasteiger partial charge in [0.05, 0.1) is 0 Å². The van der Waals surface area contributed by atoms with Crippen LogP contribution in [0.25, 0.3) is 22.2 Å². The number of rotatable bonds is 1. The van der Waals surface area contributed by atoms with Crippen molar-refractivity contribution in [1.82, 2.24) is 4.98 Å². The van der Waals surface area contributed by atoms with Gasteiger partial charge in [0.1, 0.15) is 5.82 Å². The molecule has 0 saturated carbocycles. The lowest BCUT2D eigenvalue weighted by Gasteiger charge is -1.96. The van der Waals surface area contributed by atoms with Crippen molar-refractivity contribution in [3.05, 3.63) is 59.4 Å². The Morgan fingerprint density at radius 2 is 1.76 bits per heavy atom. The third-order valence-corrected chi connectivity index (χ3v) is 3.10. The predicted molar refractivity (Wildman–Crippen MR) is 68.7 cm³/mol. The van der Waals surface area contributed by atoms with Crippen LogP contribution >= 0.6 is 11.6 Å². The third kappa shape index (κ3) is 1.81. The Labute approximate surface area is 103 Å². The normalized spacial score (nSPS) is 10.9. The van der Waals surface area contributed by atoms with Crippen molar-refractivity contribution in [2.45, 2.75) is 0 Å². The van der Waals surface area contributed by atoms with Gasteiger partial charge in [0.25, 0.3) is 0 Å². The third-order valence-electron chi connectivity index (χ3n) is 2.77. The summed E-state index contributed by atoms with van der Waals surface area (Å²) in [6, 6.07) is 14.1. The molecule has 2 aromatic carbocycles. The van der Waals surface area contributed by atoms with Crippen LogP contribution in [-0.2, 0) is 0 Å². The van der Waals surface area contributed by atoms with Crippen LogP contribution < -0.4 is 0 Å². The van der Waals surface area contributed by atoms with Crippen molar-refractivity contribution in [3.8, 4) is 11.3 Å². The van der Waals surface area contributed by atoms with E-state index in [0.717, 1.165) is 22.2 Å². The molecule has 0 bridgehead atoms. The number of nitrogens with one attached hydrogen (secondary N) is 1. The molecule has 0 radical (unpaired) electrons. The molecule has 0 unspecified atom stereocenters. The molecule has 3 rings (SSSR count). The Morgan fingerprint density at radius 1 is 1.00 bits per heavy atom. The fourth-order valence-electron chi connectivity index (χ4n) is 1.90. The van der Waals surface area contributed by atoms with Gasteiger partial charge in [-0.15, -0.1) is 0 Å². The molecule has 3 aromatic rings. The summed E-state index contributed by atoms with van der Waals surface area (Å²) in [5.41, 5.74) is 2.86. The van der Waals surface area contributed by atoms with E-state index in [9.17, 15) is 4.39 Å². The molecule has 1 N–H and O–H groups in total. The van der Waals surface area contributed by atoms with Crippen LogP contribution in [0.5, 0.6) is 0 Å². The molecule has 0 aliphatic heterocycles. The number of aromatic amines is 1. The zero-order valence-electron chi connectivity index (χ0n) is 8.87. The van der Waals surface area contributed by atoms with Gasteiger partial charge in [-0.25, -0.2) is 4.39 Å². The summed E-state index contributed by atoms with van der Waals surface area (Å²) in [4.78, 5) is 3.27. The van der Waals surface area contributed by atoms with Gasteiger partial charge in [-0.3, -0.25) is 0 Å². The highest BCUT2D eigenvalue weighted by Crippen LogP contribution is 2.28. The van der Waals surface area contributed by atoms with Crippen LogP contribution in [0.2, 0.25) is 5.02 Å². The summed E-state index contributed by atoms with van der Waals surface area (Å²) in [6.07, 6.45) is 0. The lowest BCUT2D eigenvalue weighted by molar-refractivity contribution is 0.628. The van der Waals surface area contributed by atoms with Crippen molar-refractivity contribution >= 4 is 22.5 Å². The van der Waals surface area contributed by atoms with Crippen LogP contribution in [0.4, 0.5) is 4.39 Å². The minimum Gasteiger partial charge on any atom is -0.354 e. The number of H-pyrrole nitrogens is 1. The van der Waals surface area contributed by atoms with E-state index >= 15 is 0 Å². The summed E-state index contributed by atoms with van der Waals surface area (Å²) in [5, 5.41) is 1.70. The molecule has 1 aromatic heterocycles. The molecule has 0 spiro atoms. The van der Waals surface area contributed by atoms with Gasteiger partial charge in [-0.1, -0.05) is 17.7 Å². The summed E-state index contributed by atoms with van der Waals surface area (Å²) in [5.74, 6) is -0.233. The van der Waals surface area contributed by atoms with E-state index in [1.807, 2.05) is 24.3 Å². The first-order valence-corrected chi connectivity index (χ1v) is 5.65. The van der Waals surface area contributed by atoms with Crippen molar-refractivity contribution < 1.29 is 4.39 Å². The van der Waals surface area contributed by atoms with E-state index in [2.05, 4.69) is 4.98 Å². The number of fused-ring (bicyclic) bond motifs is 1. The largest absolute Gasteiger partial charge is 0.354 e. The molecule has 0 atom stereocenters. The van der Waals surface area contributed by atoms with E-state index in [1.54, 1.807) is 12.1 Å². The quantitative estimate of drug-likeness (QED) is 0.644. The number of hydrogen-bond acceptors (Lipinski definition) is 0. The van der Waals surface area contributed by atoms with Crippen molar-refractivity contribution in [2.24, 2.45) is 0 Å². The maximum absolute atomic E-state index is 12.8. The Bertz CT molecular complexity index is 670. The lowest BCUT2D eigenvalue weighted by atomic mass is 10.1. The van der Waals surface area contributed by atoms with E-state index in [4.69, 9.17) is 11.6 Å². The number of halogens is 2. The first-order valence-electron chi connectivity index (χ1n) is 5.27. The van der Waals surface area contributed by atoms with Crippen molar-refractivity contribution in [1.29, 1.82) is 0 Å². The molecule has 1 heterocycles. The lowest BCUT2D eigenvalue weighted by Crippen LogP contribution is -1.77. The minimum absolute atomic E-state index is 0.233. The molecule has 0 amide bonds. The highest BCUT2D eigenvalue weighted by atomic mass is 35.5. The Hall–Kier alpha value is -1.80. The fraction of sp³-hybridized carbons (Fsp3) is 0. The fourth-order valence-corrected chi connectivity index (χ4v) is 2.13. The summed E-state index contributed by atoms with van der Waals surface area (Å²) in [6.45, 7) is 0. The van der Waals surface area contributed by atoms with Gasteiger partial charge in [0.15, 0.2) is 0 Å². The SMILES string of the molecule is Fc1ccc(-c2cc3c(Cl)cccc3[nH]2)cc1. The van der Waals surface area contributed by atoms with Gasteiger partial charge in [0, 0.05) is 21.6 Å². The van der Waals surface area contributed by atoms with E-state index in [-0.39, 0.29) is 5.82 Å². The zero-order chi connectivity index (χ0) is 11.8. The molecule has 84 valence electrons. The number of benzene rings is 2. The highest BCUT2D eigenvalue weighted by Gasteiger charge is 2.05. The molecule has 0 aliphatic carbocycles. The van der Waals surface area contributed by atoms with Crippen LogP contribution in [0.3, 0.4) is 0 Å². The second-order valence-corrected chi connectivity index (χ2v) is 4.30. The standard InChI is InChI=1S/C14H9ClFN/c15-12-2-1-3-13-11(12)8-14(17-13)9-4-6-10(16)7-5-9/h1-8,17H. The molecule has 17 heavy (non-hydrogen) atoms.